The number of nitrogens with two attached hydrogens (primary N) is 1. The standard InChI is InChI=1S/C17H25F3N4O4S.HI/c18-17(19,20)29(25,26)15-4-2-14(3-5-15)28-11-7-23-16(21)22-6-1-8-24-9-12-27-13-10-24;/h2-5H,1,6-13H2,(H3,21,22,23);1H. The van der Waals surface area contributed by atoms with Crippen molar-refractivity contribution >= 4 is 39.8 Å². The number of hydrogen-bond donors (Lipinski definition) is 2. The number of benzene rings is 1. The first-order chi connectivity index (χ1) is 13.7. The molecule has 1 fully saturated rings. The second-order valence-electron chi connectivity index (χ2n) is 6.27. The van der Waals surface area contributed by atoms with E-state index in [4.69, 9.17) is 15.2 Å². The van der Waals surface area contributed by atoms with Crippen LogP contribution in [0.1, 0.15) is 6.42 Å². The van der Waals surface area contributed by atoms with Gasteiger partial charge in [0.15, 0.2) is 5.96 Å². The van der Waals surface area contributed by atoms with Crippen molar-refractivity contribution in [2.75, 3.05) is 52.5 Å². The minimum absolute atomic E-state index is 0. The zero-order chi connectivity index (χ0) is 21.3. The van der Waals surface area contributed by atoms with Gasteiger partial charge in [0.1, 0.15) is 12.4 Å². The summed E-state index contributed by atoms with van der Waals surface area (Å²) in [7, 11) is -5.36. The molecule has 3 N–H and O–H groups in total. The Balaban J connectivity index is 0.00000450. The topological polar surface area (TPSA) is 106 Å². The Morgan fingerprint density at radius 2 is 1.87 bits per heavy atom. The number of ether oxygens (including phenoxy) is 2. The lowest BCUT2D eigenvalue weighted by atomic mass is 10.3. The van der Waals surface area contributed by atoms with E-state index >= 15 is 0 Å². The molecule has 8 nitrogen and oxygen atoms in total. The Morgan fingerprint density at radius 3 is 2.47 bits per heavy atom. The first kappa shape index (κ1) is 26.7. The lowest BCUT2D eigenvalue weighted by molar-refractivity contribution is -0.0436. The van der Waals surface area contributed by atoms with Crippen LogP contribution < -0.4 is 15.8 Å². The van der Waals surface area contributed by atoms with Crippen LogP contribution >= 0.6 is 24.0 Å². The maximum absolute atomic E-state index is 12.5. The maximum atomic E-state index is 12.5. The van der Waals surface area contributed by atoms with Gasteiger partial charge < -0.3 is 20.5 Å². The van der Waals surface area contributed by atoms with Crippen molar-refractivity contribution in [2.24, 2.45) is 10.7 Å². The van der Waals surface area contributed by atoms with Gasteiger partial charge in [0.25, 0.3) is 9.84 Å². The van der Waals surface area contributed by atoms with Gasteiger partial charge in [0.2, 0.25) is 0 Å². The van der Waals surface area contributed by atoms with Gasteiger partial charge in [-0.2, -0.15) is 13.2 Å². The molecule has 1 aliphatic rings. The molecule has 0 aromatic heterocycles. The normalized spacial score (nSPS) is 16.0. The third kappa shape index (κ3) is 8.43. The van der Waals surface area contributed by atoms with Gasteiger partial charge in [0.05, 0.1) is 24.7 Å². The fourth-order valence-corrected chi connectivity index (χ4v) is 3.33. The van der Waals surface area contributed by atoms with Crippen LogP contribution in [0.15, 0.2) is 34.2 Å². The molecule has 1 saturated heterocycles. The fraction of sp³-hybridized carbons (Fsp3) is 0.588. The van der Waals surface area contributed by atoms with Crippen LogP contribution in [0.25, 0.3) is 0 Å². The minimum Gasteiger partial charge on any atom is -0.492 e. The largest absolute Gasteiger partial charge is 0.501 e. The van der Waals surface area contributed by atoms with Gasteiger partial charge in [-0.05, 0) is 30.7 Å². The highest BCUT2D eigenvalue weighted by atomic mass is 127. The SMILES string of the molecule is I.NC(=NCCCN1CCOCC1)NCCOc1ccc(S(=O)(=O)C(F)(F)F)cc1. The highest BCUT2D eigenvalue weighted by Gasteiger charge is 2.46. The number of morpholine rings is 1. The summed E-state index contributed by atoms with van der Waals surface area (Å²) in [6.45, 7) is 5.41. The number of rotatable bonds is 9. The zero-order valence-corrected chi connectivity index (χ0v) is 19.4. The van der Waals surface area contributed by atoms with Crippen LogP contribution in [0, 0.1) is 0 Å². The van der Waals surface area contributed by atoms with Crippen molar-refractivity contribution in [1.29, 1.82) is 0 Å². The number of aliphatic imine (C=N–C) groups is 1. The van der Waals surface area contributed by atoms with Crippen LogP contribution in [-0.4, -0.2) is 77.3 Å². The fourth-order valence-electron chi connectivity index (χ4n) is 2.57. The summed E-state index contributed by atoms with van der Waals surface area (Å²) in [6, 6.07) is 4.05. The van der Waals surface area contributed by atoms with E-state index in [1.165, 1.54) is 12.1 Å². The summed E-state index contributed by atoms with van der Waals surface area (Å²) >= 11 is 0. The molecule has 0 bridgehead atoms. The van der Waals surface area contributed by atoms with Crippen molar-refractivity contribution in [2.45, 2.75) is 16.8 Å². The van der Waals surface area contributed by atoms with Crippen molar-refractivity contribution in [3.63, 3.8) is 0 Å². The van der Waals surface area contributed by atoms with E-state index in [0.717, 1.165) is 51.4 Å². The second kappa shape index (κ2) is 12.5. The number of guanidine groups is 1. The summed E-state index contributed by atoms with van der Waals surface area (Å²) in [5, 5.41) is 2.87. The molecule has 0 amide bonds. The maximum Gasteiger partial charge on any atom is 0.501 e. The Kier molecular flexibility index (Phi) is 11.1. The van der Waals surface area contributed by atoms with Gasteiger partial charge in [-0.25, -0.2) is 8.42 Å². The van der Waals surface area contributed by atoms with Crippen LogP contribution in [0.5, 0.6) is 5.75 Å². The summed E-state index contributed by atoms with van der Waals surface area (Å²) in [4.78, 5) is 5.69. The number of hydrogen-bond acceptors (Lipinski definition) is 6. The van der Waals surface area contributed by atoms with E-state index < -0.39 is 20.2 Å². The molecule has 1 aromatic carbocycles. The van der Waals surface area contributed by atoms with E-state index in [0.29, 0.717) is 13.1 Å². The van der Waals surface area contributed by atoms with Crippen LogP contribution in [-0.2, 0) is 14.6 Å². The number of alkyl halides is 3. The summed E-state index contributed by atoms with van der Waals surface area (Å²) in [6.07, 6.45) is 0.881. The molecule has 0 aliphatic carbocycles. The predicted octanol–water partition coefficient (Wildman–Crippen LogP) is 1.60. The number of sulfone groups is 1. The first-order valence-corrected chi connectivity index (χ1v) is 10.6. The molecule has 13 heteroatoms. The van der Waals surface area contributed by atoms with E-state index in [1.54, 1.807) is 0 Å². The summed E-state index contributed by atoms with van der Waals surface area (Å²) in [5.74, 6) is 0.524. The lowest BCUT2D eigenvalue weighted by Crippen LogP contribution is -2.37. The van der Waals surface area contributed by atoms with Crippen molar-refractivity contribution in [3.8, 4) is 5.75 Å². The Morgan fingerprint density at radius 1 is 1.23 bits per heavy atom. The van der Waals surface area contributed by atoms with Crippen molar-refractivity contribution in [3.05, 3.63) is 24.3 Å². The molecule has 0 spiro atoms. The van der Waals surface area contributed by atoms with Crippen LogP contribution in [0.2, 0.25) is 0 Å². The molecular weight excluding hydrogens is 540 g/mol. The minimum atomic E-state index is -5.36. The smallest absolute Gasteiger partial charge is 0.492 e. The van der Waals surface area contributed by atoms with Gasteiger partial charge in [-0.1, -0.05) is 0 Å². The highest BCUT2D eigenvalue weighted by Crippen LogP contribution is 2.30. The van der Waals surface area contributed by atoms with Crippen molar-refractivity contribution in [1.82, 2.24) is 10.2 Å². The highest BCUT2D eigenvalue weighted by molar-refractivity contribution is 14.0. The average molecular weight is 566 g/mol. The van der Waals surface area contributed by atoms with Crippen molar-refractivity contribution < 1.29 is 31.1 Å². The molecule has 0 unspecified atom stereocenters. The second-order valence-corrected chi connectivity index (χ2v) is 8.21. The first-order valence-electron chi connectivity index (χ1n) is 9.08. The third-order valence-corrected chi connectivity index (χ3v) is 5.64. The van der Waals surface area contributed by atoms with Gasteiger partial charge in [-0.15, -0.1) is 24.0 Å². The molecule has 1 aliphatic heterocycles. The van der Waals surface area contributed by atoms with E-state index in [9.17, 15) is 21.6 Å². The molecule has 0 saturated carbocycles. The monoisotopic (exact) mass is 566 g/mol. The number of nitrogens with zero attached hydrogens (tertiary/aromatic N) is 2. The molecule has 0 atom stereocenters. The van der Waals surface area contributed by atoms with Gasteiger partial charge >= 0.3 is 5.51 Å². The molecular formula is C17H26F3IN4O4S. The van der Waals surface area contributed by atoms with E-state index in [1.807, 2.05) is 0 Å². The van der Waals surface area contributed by atoms with Crippen LogP contribution in [0.3, 0.4) is 0 Å². The summed E-state index contributed by atoms with van der Waals surface area (Å²) in [5.41, 5.74) is 0.422. The van der Waals surface area contributed by atoms with E-state index in [-0.39, 0.29) is 42.3 Å². The Bertz CT molecular complexity index is 770. The van der Waals surface area contributed by atoms with E-state index in [2.05, 4.69) is 15.2 Å². The summed E-state index contributed by atoms with van der Waals surface area (Å²) < 4.78 is 70.7. The Labute approximate surface area is 190 Å². The van der Waals surface area contributed by atoms with Crippen LogP contribution in [0.4, 0.5) is 13.2 Å². The molecule has 2 rings (SSSR count). The molecule has 30 heavy (non-hydrogen) atoms. The molecule has 172 valence electrons. The quantitative estimate of drug-likeness (QED) is 0.203. The van der Waals surface area contributed by atoms with Gasteiger partial charge in [0, 0.05) is 26.2 Å². The number of nitrogens with one attached hydrogen (secondary N) is 1. The van der Waals surface area contributed by atoms with Gasteiger partial charge in [-0.3, -0.25) is 9.89 Å². The molecule has 1 heterocycles. The Hall–Kier alpha value is -1.32. The number of halogens is 4. The predicted molar refractivity (Wildman–Crippen MR) is 117 cm³/mol. The molecule has 0 radical (unpaired) electrons. The average Bonchev–Trinajstić information content (AvgIpc) is 2.69. The zero-order valence-electron chi connectivity index (χ0n) is 16.2. The lowest BCUT2D eigenvalue weighted by Gasteiger charge is -2.26. The molecule has 1 aromatic rings. The third-order valence-electron chi connectivity index (χ3n) is 4.13.